The summed E-state index contributed by atoms with van der Waals surface area (Å²) < 4.78 is 4.66. The maximum atomic E-state index is 8.39. The highest BCUT2D eigenvalue weighted by Crippen LogP contribution is 2.26. The molecule has 0 rings (SSSR count). The van der Waals surface area contributed by atoms with Gasteiger partial charge in [0.25, 0.3) is 0 Å². The molecule has 0 heterocycles. The number of rotatable bonds is 5. The fourth-order valence-electron chi connectivity index (χ4n) is 0.696. The third kappa shape index (κ3) is 5.12. The maximum Gasteiger partial charge on any atom is 0.327 e. The van der Waals surface area contributed by atoms with Crippen LogP contribution in [0.5, 0.6) is 0 Å². The summed E-state index contributed by atoms with van der Waals surface area (Å²) in [6.45, 7) is 4.59. The van der Waals surface area contributed by atoms with E-state index in [0.717, 1.165) is 12.8 Å². The average molecular weight is 166 g/mol. The van der Waals surface area contributed by atoms with Crippen LogP contribution in [0, 0.1) is 5.92 Å². The summed E-state index contributed by atoms with van der Waals surface area (Å²) in [6.07, 6.45) is 2.05. The predicted octanol–water partition coefficient (Wildman–Crippen LogP) is 1.65. The molecule has 0 bridgehead atoms. The van der Waals surface area contributed by atoms with Gasteiger partial charge in [-0.15, -0.1) is 0 Å². The van der Waals surface area contributed by atoms with Crippen molar-refractivity contribution in [2.75, 3.05) is 6.61 Å². The smallest absolute Gasteiger partial charge is 0.327 e. The quantitative estimate of drug-likeness (QED) is 0.610. The molecular weight excluding hydrogens is 151 g/mol. The van der Waals surface area contributed by atoms with Gasteiger partial charge in [-0.25, -0.2) is 0 Å². The molecule has 0 aliphatic rings. The lowest BCUT2D eigenvalue weighted by molar-refractivity contribution is 0.205. The molecule has 0 fully saturated rings. The van der Waals surface area contributed by atoms with Crippen LogP contribution in [0.4, 0.5) is 0 Å². The molecule has 0 unspecified atom stereocenters. The fourth-order valence-corrected chi connectivity index (χ4v) is 1.04. The molecule has 0 spiro atoms. The molecule has 3 nitrogen and oxygen atoms in total. The Morgan fingerprint density at radius 2 is 1.80 bits per heavy atom. The van der Waals surface area contributed by atoms with E-state index >= 15 is 0 Å². The molecule has 62 valence electrons. The molecule has 0 aromatic carbocycles. The highest BCUT2D eigenvalue weighted by Gasteiger charge is 2.06. The minimum absolute atomic E-state index is 0.462. The van der Waals surface area contributed by atoms with Gasteiger partial charge in [0, 0.05) is 0 Å². The molecule has 0 aliphatic carbocycles. The summed E-state index contributed by atoms with van der Waals surface area (Å²) in [5.41, 5.74) is 0. The Labute approximate surface area is 63.0 Å². The van der Waals surface area contributed by atoms with E-state index in [0.29, 0.717) is 12.5 Å². The Kier molecular flexibility index (Phi) is 6.24. The minimum Gasteiger partial charge on any atom is -0.328 e. The van der Waals surface area contributed by atoms with E-state index in [1.807, 2.05) is 0 Å². The van der Waals surface area contributed by atoms with Crippen molar-refractivity contribution in [1.29, 1.82) is 0 Å². The van der Waals surface area contributed by atoms with E-state index in [1.54, 1.807) is 0 Å². The summed E-state index contributed by atoms with van der Waals surface area (Å²) in [4.78, 5) is 16.8. The van der Waals surface area contributed by atoms with Crippen LogP contribution in [-0.2, 0) is 4.52 Å². The van der Waals surface area contributed by atoms with Crippen LogP contribution in [-0.4, -0.2) is 16.4 Å². The minimum atomic E-state index is -2.14. The van der Waals surface area contributed by atoms with Gasteiger partial charge in [0.2, 0.25) is 0 Å². The summed E-state index contributed by atoms with van der Waals surface area (Å²) in [6, 6.07) is 0. The van der Waals surface area contributed by atoms with Gasteiger partial charge in [0.1, 0.15) is 0 Å². The SMILES string of the molecule is CCC(CC)COP(O)O. The molecule has 0 aromatic rings. The van der Waals surface area contributed by atoms with Crippen LogP contribution in [0.1, 0.15) is 26.7 Å². The van der Waals surface area contributed by atoms with Gasteiger partial charge >= 0.3 is 8.60 Å². The Morgan fingerprint density at radius 1 is 1.30 bits per heavy atom. The van der Waals surface area contributed by atoms with Crippen molar-refractivity contribution in [2.24, 2.45) is 5.92 Å². The third-order valence-electron chi connectivity index (χ3n) is 1.58. The monoisotopic (exact) mass is 166 g/mol. The van der Waals surface area contributed by atoms with Gasteiger partial charge in [-0.2, -0.15) is 0 Å². The van der Waals surface area contributed by atoms with Crippen LogP contribution >= 0.6 is 8.60 Å². The lowest BCUT2D eigenvalue weighted by Gasteiger charge is -2.11. The van der Waals surface area contributed by atoms with Crippen molar-refractivity contribution in [3.63, 3.8) is 0 Å². The zero-order valence-electron chi connectivity index (χ0n) is 6.45. The zero-order chi connectivity index (χ0) is 7.98. The van der Waals surface area contributed by atoms with E-state index in [9.17, 15) is 0 Å². The van der Waals surface area contributed by atoms with Crippen LogP contribution < -0.4 is 0 Å². The molecule has 0 saturated carbocycles. The Morgan fingerprint density at radius 3 is 2.10 bits per heavy atom. The molecule has 2 N–H and O–H groups in total. The highest BCUT2D eigenvalue weighted by atomic mass is 31.2. The molecule has 0 aliphatic heterocycles. The van der Waals surface area contributed by atoms with E-state index in [-0.39, 0.29) is 0 Å². The summed E-state index contributed by atoms with van der Waals surface area (Å²) in [7, 11) is -2.14. The summed E-state index contributed by atoms with van der Waals surface area (Å²) >= 11 is 0. The van der Waals surface area contributed by atoms with Gasteiger partial charge in [-0.1, -0.05) is 26.7 Å². The predicted molar refractivity (Wildman–Crippen MR) is 41.4 cm³/mol. The molecule has 0 aromatic heterocycles. The average Bonchev–Trinajstić information content (AvgIpc) is 1.90. The lowest BCUT2D eigenvalue weighted by atomic mass is 10.1. The zero-order valence-corrected chi connectivity index (χ0v) is 7.34. The number of hydrogen-bond acceptors (Lipinski definition) is 3. The molecule has 0 atom stereocenters. The first-order valence-electron chi connectivity index (χ1n) is 3.51. The second kappa shape index (κ2) is 6.05. The molecular formula is C6H15O3P. The van der Waals surface area contributed by atoms with Crippen molar-refractivity contribution in [3.8, 4) is 0 Å². The first kappa shape index (κ1) is 10.3. The van der Waals surface area contributed by atoms with E-state index < -0.39 is 8.60 Å². The summed E-state index contributed by atoms with van der Waals surface area (Å²) in [5, 5.41) is 0. The Hall–Kier alpha value is 0.310. The third-order valence-corrected chi connectivity index (χ3v) is 1.96. The van der Waals surface area contributed by atoms with E-state index in [1.165, 1.54) is 0 Å². The first-order chi connectivity index (χ1) is 4.70. The van der Waals surface area contributed by atoms with E-state index in [4.69, 9.17) is 9.79 Å². The van der Waals surface area contributed by atoms with Crippen molar-refractivity contribution in [1.82, 2.24) is 0 Å². The van der Waals surface area contributed by atoms with Gasteiger partial charge in [-0.3, -0.25) is 0 Å². The Bertz CT molecular complexity index is 73.4. The molecule has 4 heteroatoms. The molecule has 0 saturated heterocycles. The number of hydrogen-bond donors (Lipinski definition) is 2. The van der Waals surface area contributed by atoms with Crippen LogP contribution in [0.25, 0.3) is 0 Å². The topological polar surface area (TPSA) is 49.7 Å². The normalized spacial score (nSPS) is 11.4. The lowest BCUT2D eigenvalue weighted by Crippen LogP contribution is -2.04. The van der Waals surface area contributed by atoms with Crippen molar-refractivity contribution in [3.05, 3.63) is 0 Å². The molecule has 0 radical (unpaired) electrons. The summed E-state index contributed by atoms with van der Waals surface area (Å²) in [5.74, 6) is 0.462. The highest BCUT2D eigenvalue weighted by molar-refractivity contribution is 7.39. The maximum absolute atomic E-state index is 8.39. The van der Waals surface area contributed by atoms with Gasteiger partial charge in [0.15, 0.2) is 0 Å². The largest absolute Gasteiger partial charge is 0.328 e. The first-order valence-corrected chi connectivity index (χ1v) is 4.68. The second-order valence-corrected chi connectivity index (χ2v) is 2.99. The van der Waals surface area contributed by atoms with Gasteiger partial charge in [0.05, 0.1) is 6.61 Å². The second-order valence-electron chi connectivity index (χ2n) is 2.23. The van der Waals surface area contributed by atoms with Crippen molar-refractivity contribution in [2.45, 2.75) is 26.7 Å². The van der Waals surface area contributed by atoms with Gasteiger partial charge < -0.3 is 14.3 Å². The standard InChI is InChI=1S/C6H15O3P/c1-3-6(4-2)5-9-10(7)8/h6-8H,3-5H2,1-2H3. The van der Waals surface area contributed by atoms with Crippen LogP contribution in [0.3, 0.4) is 0 Å². The van der Waals surface area contributed by atoms with Crippen molar-refractivity contribution >= 4 is 8.60 Å². The van der Waals surface area contributed by atoms with Crippen LogP contribution in [0.15, 0.2) is 0 Å². The van der Waals surface area contributed by atoms with Crippen LogP contribution in [0.2, 0.25) is 0 Å². The Balaban J connectivity index is 3.26. The molecule has 10 heavy (non-hydrogen) atoms. The molecule has 0 amide bonds. The van der Waals surface area contributed by atoms with Crippen molar-refractivity contribution < 1.29 is 14.3 Å². The van der Waals surface area contributed by atoms with E-state index in [2.05, 4.69) is 18.4 Å². The van der Waals surface area contributed by atoms with Gasteiger partial charge in [-0.05, 0) is 5.92 Å². The fraction of sp³-hybridized carbons (Fsp3) is 1.00.